The van der Waals surface area contributed by atoms with Crippen molar-refractivity contribution >= 4 is 36.8 Å². The molecule has 5 nitrogen and oxygen atoms in total. The maximum atomic E-state index is 12.1. The van der Waals surface area contributed by atoms with Crippen LogP contribution in [0.25, 0.3) is 0 Å². The summed E-state index contributed by atoms with van der Waals surface area (Å²) in [6, 6.07) is 5.30. The van der Waals surface area contributed by atoms with Crippen molar-refractivity contribution < 1.29 is 13.7 Å². The SMILES string of the molecule is C=S(=O)(Cl)c1ccc2c(c1)C1(OCCCO1)C(=N)N2CC1CC1. The first-order valence-electron chi connectivity index (χ1n) is 7.78. The summed E-state index contributed by atoms with van der Waals surface area (Å²) >= 11 is 0. The molecule has 124 valence electrons. The fourth-order valence-electron chi connectivity index (χ4n) is 3.20. The summed E-state index contributed by atoms with van der Waals surface area (Å²) in [5.41, 5.74) is 1.60. The monoisotopic (exact) mass is 354 g/mol. The molecular weight excluding hydrogens is 336 g/mol. The molecule has 1 unspecified atom stereocenters. The van der Waals surface area contributed by atoms with Crippen LogP contribution in [0, 0.1) is 11.3 Å². The van der Waals surface area contributed by atoms with Crippen LogP contribution in [0.2, 0.25) is 0 Å². The number of hydrogen-bond acceptors (Lipinski definition) is 4. The van der Waals surface area contributed by atoms with Crippen LogP contribution in [0.5, 0.6) is 0 Å². The molecule has 4 rings (SSSR count). The highest BCUT2D eigenvalue weighted by Gasteiger charge is 2.52. The second-order valence-electron chi connectivity index (χ2n) is 6.34. The summed E-state index contributed by atoms with van der Waals surface area (Å²) in [5.74, 6) is 3.27. The zero-order valence-corrected chi connectivity index (χ0v) is 14.3. The molecule has 2 heterocycles. The summed E-state index contributed by atoms with van der Waals surface area (Å²) in [4.78, 5) is 2.40. The quantitative estimate of drug-likeness (QED) is 0.669. The Balaban J connectivity index is 1.85. The van der Waals surface area contributed by atoms with Crippen LogP contribution in [0.1, 0.15) is 24.8 Å². The van der Waals surface area contributed by atoms with E-state index in [2.05, 4.69) is 5.87 Å². The molecule has 1 aromatic carbocycles. The van der Waals surface area contributed by atoms with Gasteiger partial charge in [-0.05, 0) is 59.9 Å². The Bertz CT molecular complexity index is 768. The number of benzene rings is 1. The molecule has 1 spiro atoms. The number of amidine groups is 1. The molecule has 1 saturated carbocycles. The van der Waals surface area contributed by atoms with E-state index in [1.54, 1.807) is 12.1 Å². The minimum Gasteiger partial charge on any atom is -0.340 e. The lowest BCUT2D eigenvalue weighted by molar-refractivity contribution is -0.228. The Labute approximate surface area is 140 Å². The number of nitrogens with zero attached hydrogens (tertiary/aromatic N) is 1. The molecule has 1 N–H and O–H groups in total. The Morgan fingerprint density at radius 2 is 2.09 bits per heavy atom. The average Bonchev–Trinajstić information content (AvgIpc) is 3.32. The molecule has 23 heavy (non-hydrogen) atoms. The Morgan fingerprint density at radius 1 is 1.39 bits per heavy atom. The van der Waals surface area contributed by atoms with Gasteiger partial charge >= 0.3 is 0 Å². The molecule has 0 radical (unpaired) electrons. The van der Waals surface area contributed by atoms with Crippen molar-refractivity contribution in [3.8, 4) is 0 Å². The Hall–Kier alpha value is -1.08. The van der Waals surface area contributed by atoms with Crippen LogP contribution in [0.4, 0.5) is 5.69 Å². The molecule has 1 aromatic rings. The first-order valence-corrected chi connectivity index (χ1v) is 10.3. The van der Waals surface area contributed by atoms with Gasteiger partial charge in [0.25, 0.3) is 5.79 Å². The number of rotatable bonds is 3. The first-order chi connectivity index (χ1) is 10.9. The minimum atomic E-state index is -2.85. The third-order valence-corrected chi connectivity index (χ3v) is 6.08. The summed E-state index contributed by atoms with van der Waals surface area (Å²) in [5, 5.41) is 8.64. The van der Waals surface area contributed by atoms with Crippen molar-refractivity contribution in [2.24, 2.45) is 5.92 Å². The molecule has 1 saturated heterocycles. The second-order valence-corrected chi connectivity index (χ2v) is 9.50. The number of halogens is 1. The van der Waals surface area contributed by atoms with Gasteiger partial charge in [-0.15, -0.1) is 0 Å². The van der Waals surface area contributed by atoms with Crippen molar-refractivity contribution in [1.82, 2.24) is 0 Å². The molecule has 7 heteroatoms. The number of ether oxygens (including phenoxy) is 2. The van der Waals surface area contributed by atoms with E-state index in [1.807, 2.05) is 11.0 Å². The molecular formula is C16H19ClN2O3S. The molecule has 1 atom stereocenters. The maximum absolute atomic E-state index is 12.1. The Kier molecular flexibility index (Phi) is 3.50. The van der Waals surface area contributed by atoms with Gasteiger partial charge in [-0.2, -0.15) is 0 Å². The van der Waals surface area contributed by atoms with Gasteiger partial charge in [0.05, 0.1) is 27.6 Å². The predicted octanol–water partition coefficient (Wildman–Crippen LogP) is 2.71. The minimum absolute atomic E-state index is 0.307. The number of hydrogen-bond donors (Lipinski definition) is 1. The lowest BCUT2D eigenvalue weighted by Crippen LogP contribution is -2.47. The third kappa shape index (κ3) is 2.48. The van der Waals surface area contributed by atoms with E-state index in [0.717, 1.165) is 24.2 Å². The zero-order chi connectivity index (χ0) is 16.2. The fraction of sp³-hybridized carbons (Fsp3) is 0.500. The van der Waals surface area contributed by atoms with Crippen LogP contribution < -0.4 is 4.90 Å². The molecule has 0 bridgehead atoms. The summed E-state index contributed by atoms with van der Waals surface area (Å²) in [6.45, 7) is 1.86. The van der Waals surface area contributed by atoms with Gasteiger partial charge in [0.1, 0.15) is 0 Å². The van der Waals surface area contributed by atoms with E-state index >= 15 is 0 Å². The van der Waals surface area contributed by atoms with Crippen LogP contribution in [0.3, 0.4) is 0 Å². The van der Waals surface area contributed by atoms with Gasteiger partial charge in [-0.25, -0.2) is 4.21 Å². The third-order valence-electron chi connectivity index (χ3n) is 4.58. The smallest absolute Gasteiger partial charge is 0.257 e. The van der Waals surface area contributed by atoms with Crippen molar-refractivity contribution in [3.63, 3.8) is 0 Å². The van der Waals surface area contributed by atoms with Crippen molar-refractivity contribution in [3.05, 3.63) is 23.8 Å². The van der Waals surface area contributed by atoms with Crippen LogP contribution in [0.15, 0.2) is 23.1 Å². The second kappa shape index (κ2) is 5.21. The van der Waals surface area contributed by atoms with Gasteiger partial charge in [-0.1, -0.05) is 0 Å². The van der Waals surface area contributed by atoms with Gasteiger partial charge in [0, 0.05) is 17.0 Å². The lowest BCUT2D eigenvalue weighted by atomic mass is 10.1. The standard InChI is InChI=1S/C16H19ClN2O3S/c1-23(17,20)12-5-6-14-13(9-12)16(21-7-2-8-22-16)15(18)19(14)10-11-3-4-11/h5-6,9,11,18H,1-4,7-8,10H2. The van der Waals surface area contributed by atoms with E-state index in [9.17, 15) is 4.21 Å². The molecule has 2 aliphatic heterocycles. The molecule has 0 amide bonds. The van der Waals surface area contributed by atoms with E-state index in [1.165, 1.54) is 12.8 Å². The highest BCUT2D eigenvalue weighted by molar-refractivity contribution is 8.21. The molecule has 3 aliphatic rings. The molecule has 2 fully saturated rings. The maximum Gasteiger partial charge on any atom is 0.257 e. The normalized spacial score (nSPS) is 25.4. The largest absolute Gasteiger partial charge is 0.340 e. The lowest BCUT2D eigenvalue weighted by Gasteiger charge is -2.34. The van der Waals surface area contributed by atoms with Gasteiger partial charge < -0.3 is 14.4 Å². The number of anilines is 1. The van der Waals surface area contributed by atoms with Crippen molar-refractivity contribution in [2.45, 2.75) is 29.9 Å². The van der Waals surface area contributed by atoms with E-state index in [-0.39, 0.29) is 0 Å². The number of nitrogens with one attached hydrogen (secondary N) is 1. The van der Waals surface area contributed by atoms with Gasteiger partial charge in [0.15, 0.2) is 5.84 Å². The van der Waals surface area contributed by atoms with Crippen molar-refractivity contribution in [1.29, 1.82) is 5.41 Å². The number of fused-ring (bicyclic) bond motifs is 2. The van der Waals surface area contributed by atoms with Gasteiger partial charge in [0.2, 0.25) is 0 Å². The average molecular weight is 355 g/mol. The van der Waals surface area contributed by atoms with Crippen LogP contribution >= 0.6 is 10.7 Å². The zero-order valence-electron chi connectivity index (χ0n) is 12.7. The van der Waals surface area contributed by atoms with Crippen molar-refractivity contribution in [2.75, 3.05) is 24.7 Å². The first kappa shape index (κ1) is 15.4. The predicted molar refractivity (Wildman–Crippen MR) is 91.8 cm³/mol. The molecule has 1 aliphatic carbocycles. The summed E-state index contributed by atoms with van der Waals surface area (Å²) in [6.07, 6.45) is 3.19. The highest BCUT2D eigenvalue weighted by atomic mass is 35.7. The summed E-state index contributed by atoms with van der Waals surface area (Å²) in [7, 11) is 3.07. The van der Waals surface area contributed by atoms with Crippen LogP contribution in [-0.4, -0.2) is 35.7 Å². The molecule has 0 aromatic heterocycles. The topological polar surface area (TPSA) is 62.6 Å². The van der Waals surface area contributed by atoms with Crippen LogP contribution in [-0.2, 0) is 24.0 Å². The Morgan fingerprint density at radius 3 is 2.70 bits per heavy atom. The fourth-order valence-corrected chi connectivity index (χ4v) is 4.06. The van der Waals surface area contributed by atoms with E-state index < -0.39 is 14.5 Å². The van der Waals surface area contributed by atoms with E-state index in [0.29, 0.717) is 29.9 Å². The highest BCUT2D eigenvalue weighted by Crippen LogP contribution is 2.47. The van der Waals surface area contributed by atoms with Gasteiger partial charge in [-0.3, -0.25) is 5.41 Å². The summed E-state index contributed by atoms with van der Waals surface area (Å²) < 4.78 is 24.0. The van der Waals surface area contributed by atoms with E-state index in [4.69, 9.17) is 25.6 Å².